The molecule has 1 heterocycles. The van der Waals surface area contributed by atoms with E-state index in [0.717, 1.165) is 17.4 Å². The number of esters is 1. The maximum Gasteiger partial charge on any atom is 0.343 e. The van der Waals surface area contributed by atoms with Crippen LogP contribution in [-0.2, 0) is 16.0 Å². The van der Waals surface area contributed by atoms with Crippen molar-refractivity contribution in [1.82, 2.24) is 0 Å². The van der Waals surface area contributed by atoms with Crippen LogP contribution < -0.4 is 5.63 Å². The summed E-state index contributed by atoms with van der Waals surface area (Å²) in [5, 5.41) is 1.30. The Morgan fingerprint density at radius 2 is 2.00 bits per heavy atom. The van der Waals surface area contributed by atoms with Gasteiger partial charge in [-0.1, -0.05) is 25.1 Å². The van der Waals surface area contributed by atoms with Crippen LogP contribution in [0, 0.1) is 0 Å². The second-order valence-electron chi connectivity index (χ2n) is 4.38. The van der Waals surface area contributed by atoms with Gasteiger partial charge >= 0.3 is 11.6 Å². The van der Waals surface area contributed by atoms with Crippen LogP contribution in [0.2, 0.25) is 0 Å². The van der Waals surface area contributed by atoms with Crippen molar-refractivity contribution in [3.05, 3.63) is 52.1 Å². The zero-order chi connectivity index (χ0) is 14.5. The van der Waals surface area contributed by atoms with E-state index < -0.39 is 5.97 Å². The minimum atomic E-state index is -0.442. The van der Waals surface area contributed by atoms with Gasteiger partial charge in [0.1, 0.15) is 5.76 Å². The van der Waals surface area contributed by atoms with Crippen LogP contribution in [0.3, 0.4) is 0 Å². The quantitative estimate of drug-likeness (QED) is 0.634. The maximum atomic E-state index is 11.9. The van der Waals surface area contributed by atoms with E-state index in [-0.39, 0.29) is 5.63 Å². The lowest BCUT2D eigenvalue weighted by molar-refractivity contribution is -0.134. The molecule has 0 spiro atoms. The topological polar surface area (TPSA) is 56.5 Å². The third kappa shape index (κ3) is 2.79. The molecule has 0 aliphatic rings. The monoisotopic (exact) mass is 272 g/mol. The van der Waals surface area contributed by atoms with Crippen LogP contribution in [0.1, 0.15) is 24.7 Å². The first-order chi connectivity index (χ1) is 9.67. The van der Waals surface area contributed by atoms with E-state index in [2.05, 4.69) is 4.74 Å². The SMILES string of the molecule is CCCc1oc(=O)c2ccccc2c1/C=C/C(=O)OC. The third-order valence-corrected chi connectivity index (χ3v) is 3.02. The standard InChI is InChI=1S/C16H16O4/c1-3-6-14-12(9-10-15(17)19-2)11-7-4-5-8-13(11)16(18)20-14/h4-5,7-10H,3,6H2,1-2H3/b10-9+. The summed E-state index contributed by atoms with van der Waals surface area (Å²) in [6.45, 7) is 2.00. The average molecular weight is 272 g/mol. The number of methoxy groups -OCH3 is 1. The Morgan fingerprint density at radius 1 is 1.30 bits per heavy atom. The maximum absolute atomic E-state index is 11.9. The molecule has 2 rings (SSSR count). The van der Waals surface area contributed by atoms with E-state index in [1.165, 1.54) is 13.2 Å². The molecule has 104 valence electrons. The Bertz CT molecular complexity index is 710. The van der Waals surface area contributed by atoms with Gasteiger partial charge in [0.25, 0.3) is 0 Å². The zero-order valence-electron chi connectivity index (χ0n) is 11.5. The third-order valence-electron chi connectivity index (χ3n) is 3.02. The molecule has 0 saturated carbocycles. The molecule has 0 N–H and O–H groups in total. The minimum absolute atomic E-state index is 0.348. The Balaban J connectivity index is 2.67. The van der Waals surface area contributed by atoms with E-state index in [1.807, 2.05) is 19.1 Å². The molecule has 0 unspecified atom stereocenters. The lowest BCUT2D eigenvalue weighted by atomic mass is 10.0. The Hall–Kier alpha value is -2.36. The molecule has 0 bridgehead atoms. The summed E-state index contributed by atoms with van der Waals surface area (Å²) >= 11 is 0. The van der Waals surface area contributed by atoms with Crippen molar-refractivity contribution in [2.45, 2.75) is 19.8 Å². The number of rotatable bonds is 4. The fourth-order valence-corrected chi connectivity index (χ4v) is 2.08. The van der Waals surface area contributed by atoms with E-state index in [4.69, 9.17) is 4.42 Å². The highest BCUT2D eigenvalue weighted by molar-refractivity contribution is 5.94. The first-order valence-electron chi connectivity index (χ1n) is 6.48. The molecule has 0 aliphatic heterocycles. The van der Waals surface area contributed by atoms with Crippen molar-refractivity contribution in [2.75, 3.05) is 7.11 Å². The molecule has 0 fully saturated rings. The van der Waals surface area contributed by atoms with Gasteiger partial charge in [-0.05, 0) is 23.9 Å². The predicted molar refractivity (Wildman–Crippen MR) is 77.5 cm³/mol. The molecule has 4 heteroatoms. The molecule has 0 radical (unpaired) electrons. The van der Waals surface area contributed by atoms with Crippen LogP contribution in [0.4, 0.5) is 0 Å². The number of hydrogen-bond acceptors (Lipinski definition) is 4. The number of carbonyl (C=O) groups excluding carboxylic acids is 1. The second kappa shape index (κ2) is 6.19. The second-order valence-corrected chi connectivity index (χ2v) is 4.38. The summed E-state index contributed by atoms with van der Waals surface area (Å²) in [7, 11) is 1.32. The Morgan fingerprint density at radius 3 is 2.65 bits per heavy atom. The van der Waals surface area contributed by atoms with E-state index in [0.29, 0.717) is 17.6 Å². The normalized spacial score (nSPS) is 11.1. The largest absolute Gasteiger partial charge is 0.466 e. The summed E-state index contributed by atoms with van der Waals surface area (Å²) in [6.07, 6.45) is 4.46. The van der Waals surface area contributed by atoms with Crippen molar-refractivity contribution >= 4 is 22.8 Å². The molecule has 0 atom stereocenters. The zero-order valence-corrected chi connectivity index (χ0v) is 11.5. The summed E-state index contributed by atoms with van der Waals surface area (Å²) in [6, 6.07) is 7.20. The molecule has 20 heavy (non-hydrogen) atoms. The highest BCUT2D eigenvalue weighted by Gasteiger charge is 2.11. The van der Waals surface area contributed by atoms with E-state index in [1.54, 1.807) is 18.2 Å². The first-order valence-corrected chi connectivity index (χ1v) is 6.48. The van der Waals surface area contributed by atoms with Crippen molar-refractivity contribution in [3.8, 4) is 0 Å². The van der Waals surface area contributed by atoms with Gasteiger partial charge in [0.2, 0.25) is 0 Å². The number of carbonyl (C=O) groups is 1. The number of aryl methyl sites for hydroxylation is 1. The van der Waals surface area contributed by atoms with E-state index in [9.17, 15) is 9.59 Å². The van der Waals surface area contributed by atoms with Crippen LogP contribution >= 0.6 is 0 Å². The summed E-state index contributed by atoms with van der Waals surface area (Å²) in [5.41, 5.74) is 0.409. The number of hydrogen-bond donors (Lipinski definition) is 0. The van der Waals surface area contributed by atoms with Gasteiger partial charge in [0.05, 0.1) is 12.5 Å². The van der Waals surface area contributed by atoms with Crippen molar-refractivity contribution in [1.29, 1.82) is 0 Å². The molecule has 0 amide bonds. The van der Waals surface area contributed by atoms with Gasteiger partial charge in [-0.25, -0.2) is 9.59 Å². The lowest BCUT2D eigenvalue weighted by Gasteiger charge is -2.07. The molecular weight excluding hydrogens is 256 g/mol. The predicted octanol–water partition coefficient (Wildman–Crippen LogP) is 2.93. The molecule has 0 aliphatic carbocycles. The van der Waals surface area contributed by atoms with Crippen LogP contribution in [0.25, 0.3) is 16.8 Å². The Kier molecular flexibility index (Phi) is 4.35. The molecular formula is C16H16O4. The van der Waals surface area contributed by atoms with Crippen molar-refractivity contribution in [3.63, 3.8) is 0 Å². The smallest absolute Gasteiger partial charge is 0.343 e. The average Bonchev–Trinajstić information content (AvgIpc) is 2.47. The van der Waals surface area contributed by atoms with Crippen LogP contribution in [0.5, 0.6) is 0 Å². The van der Waals surface area contributed by atoms with Gasteiger partial charge in [-0.3, -0.25) is 0 Å². The summed E-state index contributed by atoms with van der Waals surface area (Å²) < 4.78 is 9.96. The van der Waals surface area contributed by atoms with Gasteiger partial charge in [-0.2, -0.15) is 0 Å². The van der Waals surface area contributed by atoms with Gasteiger partial charge in [-0.15, -0.1) is 0 Å². The molecule has 1 aromatic heterocycles. The molecule has 0 saturated heterocycles. The summed E-state index contributed by atoms with van der Waals surface area (Å²) in [5.74, 6) is 0.152. The Labute approximate surface area is 116 Å². The highest BCUT2D eigenvalue weighted by atomic mass is 16.5. The van der Waals surface area contributed by atoms with Crippen molar-refractivity contribution in [2.24, 2.45) is 0 Å². The molecule has 2 aromatic rings. The van der Waals surface area contributed by atoms with Crippen LogP contribution in [0.15, 0.2) is 39.6 Å². The fraction of sp³-hybridized carbons (Fsp3) is 0.250. The lowest BCUT2D eigenvalue weighted by Crippen LogP contribution is -2.05. The fourth-order valence-electron chi connectivity index (χ4n) is 2.08. The number of benzene rings is 1. The van der Waals surface area contributed by atoms with E-state index >= 15 is 0 Å². The summed E-state index contributed by atoms with van der Waals surface area (Å²) in [4.78, 5) is 23.2. The number of ether oxygens (including phenoxy) is 1. The van der Waals surface area contributed by atoms with Crippen LogP contribution in [-0.4, -0.2) is 13.1 Å². The minimum Gasteiger partial charge on any atom is -0.466 e. The first kappa shape index (κ1) is 14.1. The van der Waals surface area contributed by atoms with Gasteiger partial charge in [0, 0.05) is 18.1 Å². The molecule has 4 nitrogen and oxygen atoms in total. The highest BCUT2D eigenvalue weighted by Crippen LogP contribution is 2.22. The molecule has 1 aromatic carbocycles. The number of fused-ring (bicyclic) bond motifs is 1. The van der Waals surface area contributed by atoms with Gasteiger partial charge in [0.15, 0.2) is 0 Å². The van der Waals surface area contributed by atoms with Gasteiger partial charge < -0.3 is 9.15 Å². The van der Waals surface area contributed by atoms with Crippen molar-refractivity contribution < 1.29 is 13.9 Å².